The fourth-order valence-corrected chi connectivity index (χ4v) is 9.38. The summed E-state index contributed by atoms with van der Waals surface area (Å²) < 4.78 is 23.4. The van der Waals surface area contributed by atoms with Gasteiger partial charge in [-0.05, 0) is 39.8 Å². The molecule has 1 N–H and O–H groups in total. The van der Waals surface area contributed by atoms with Crippen LogP contribution in [0.1, 0.15) is 58.5 Å². The molecular formula is C50H45IN2O5. The van der Waals surface area contributed by atoms with Gasteiger partial charge >= 0.3 is 5.69 Å². The minimum Gasteiger partial charge on any atom is -0.358 e. The highest BCUT2D eigenvalue weighted by Gasteiger charge is 2.52. The number of alkyl halides is 1. The quantitative estimate of drug-likeness (QED) is 0.0669. The second-order valence-corrected chi connectivity index (χ2v) is 16.0. The smallest absolute Gasteiger partial charge is 0.330 e. The molecule has 0 bridgehead atoms. The molecular weight excluding hydrogens is 835 g/mol. The van der Waals surface area contributed by atoms with E-state index < -0.39 is 39.3 Å². The van der Waals surface area contributed by atoms with Crippen LogP contribution in [0.4, 0.5) is 0 Å². The molecule has 6 aromatic carbocycles. The van der Waals surface area contributed by atoms with Crippen molar-refractivity contribution in [3.63, 3.8) is 0 Å². The van der Waals surface area contributed by atoms with E-state index in [0.29, 0.717) is 12.0 Å². The van der Waals surface area contributed by atoms with Crippen molar-refractivity contribution in [1.29, 1.82) is 0 Å². The zero-order valence-electron chi connectivity index (χ0n) is 32.2. The largest absolute Gasteiger partial charge is 0.358 e. The molecule has 292 valence electrons. The van der Waals surface area contributed by atoms with Gasteiger partial charge in [0.05, 0.1) is 10.5 Å². The van der Waals surface area contributed by atoms with Gasteiger partial charge in [0.25, 0.3) is 5.56 Å². The molecule has 8 rings (SSSR count). The van der Waals surface area contributed by atoms with E-state index in [0.717, 1.165) is 39.8 Å². The van der Waals surface area contributed by atoms with Crippen molar-refractivity contribution in [2.45, 2.75) is 53.3 Å². The summed E-state index contributed by atoms with van der Waals surface area (Å²) in [6.45, 7) is 2.10. The zero-order valence-corrected chi connectivity index (χ0v) is 34.4. The summed E-state index contributed by atoms with van der Waals surface area (Å²) in [7, 11) is 0. The Balaban J connectivity index is 1.31. The third-order valence-corrected chi connectivity index (χ3v) is 12.3. The lowest BCUT2D eigenvalue weighted by Crippen LogP contribution is -2.45. The number of aryl methyl sites for hydroxylation is 1. The molecule has 0 radical (unpaired) electrons. The van der Waals surface area contributed by atoms with E-state index >= 15 is 0 Å². The van der Waals surface area contributed by atoms with Gasteiger partial charge in [0.15, 0.2) is 6.23 Å². The predicted octanol–water partition coefficient (Wildman–Crippen LogP) is 9.58. The molecule has 1 fully saturated rings. The fourth-order valence-electron chi connectivity index (χ4n) is 8.26. The van der Waals surface area contributed by atoms with Crippen LogP contribution in [0.2, 0.25) is 0 Å². The maximum atomic E-state index is 13.7. The van der Waals surface area contributed by atoms with Gasteiger partial charge in [0, 0.05) is 11.8 Å². The standard InChI is InChI=1S/C50H45IN2O5/c1-2-21-36-34-53(48(55)52-46(36)54)47-44(51)45(58-50(40-28-15-6-16-29-40,41-30-17-7-18-31-41)42-32-19-8-20-33-42)43(57-47)35-56-49(37-22-9-3-10-23-37,38-24-11-4-12-25-38)39-26-13-5-14-27-39/h3-20,22-34,43-45,47H,2,21,35H2,1H3,(H,52,54,55)/t43-,44?,45?,47-/m0/s1. The number of nitrogens with one attached hydrogen (secondary N) is 1. The Morgan fingerprint density at radius 3 is 1.36 bits per heavy atom. The molecule has 0 spiro atoms. The van der Waals surface area contributed by atoms with Crippen LogP contribution >= 0.6 is 22.6 Å². The lowest BCUT2D eigenvalue weighted by atomic mass is 9.79. The summed E-state index contributed by atoms with van der Waals surface area (Å²) in [5.74, 6) is 0. The first-order valence-electron chi connectivity index (χ1n) is 19.7. The van der Waals surface area contributed by atoms with Gasteiger partial charge in [-0.1, -0.05) is 218 Å². The van der Waals surface area contributed by atoms with Crippen molar-refractivity contribution in [1.82, 2.24) is 9.55 Å². The molecule has 1 aliphatic heterocycles. The van der Waals surface area contributed by atoms with E-state index in [1.54, 1.807) is 6.20 Å². The number of benzene rings is 6. The molecule has 7 nitrogen and oxygen atoms in total. The Morgan fingerprint density at radius 1 is 0.603 bits per heavy atom. The summed E-state index contributed by atoms with van der Waals surface area (Å²) in [6, 6.07) is 61.4. The lowest BCUT2D eigenvalue weighted by molar-refractivity contribution is -0.126. The van der Waals surface area contributed by atoms with Gasteiger partial charge in [0.2, 0.25) is 0 Å². The van der Waals surface area contributed by atoms with Gasteiger partial charge in [-0.2, -0.15) is 0 Å². The number of aromatic nitrogens is 2. The van der Waals surface area contributed by atoms with E-state index in [9.17, 15) is 9.59 Å². The highest BCUT2D eigenvalue weighted by molar-refractivity contribution is 14.1. The molecule has 7 aromatic rings. The highest BCUT2D eigenvalue weighted by atomic mass is 127. The monoisotopic (exact) mass is 880 g/mol. The molecule has 58 heavy (non-hydrogen) atoms. The molecule has 2 heterocycles. The number of nitrogens with zero attached hydrogens (tertiary/aromatic N) is 1. The molecule has 1 aromatic heterocycles. The van der Waals surface area contributed by atoms with Crippen LogP contribution in [0, 0.1) is 0 Å². The number of halogens is 1. The topological polar surface area (TPSA) is 82.6 Å². The predicted molar refractivity (Wildman–Crippen MR) is 236 cm³/mol. The number of hydrogen-bond donors (Lipinski definition) is 1. The minimum atomic E-state index is -1.09. The summed E-state index contributed by atoms with van der Waals surface area (Å²) in [6.07, 6.45) is 0.803. The van der Waals surface area contributed by atoms with Crippen LogP contribution in [0.5, 0.6) is 0 Å². The molecule has 2 unspecified atom stereocenters. The molecule has 0 amide bonds. The van der Waals surface area contributed by atoms with Crippen LogP contribution in [-0.2, 0) is 31.8 Å². The third-order valence-electron chi connectivity index (χ3n) is 11.0. The van der Waals surface area contributed by atoms with E-state index in [4.69, 9.17) is 14.2 Å². The van der Waals surface area contributed by atoms with Crippen LogP contribution in [0.25, 0.3) is 0 Å². The first kappa shape index (κ1) is 39.4. The highest BCUT2D eigenvalue weighted by Crippen LogP contribution is 2.48. The lowest BCUT2D eigenvalue weighted by Gasteiger charge is -2.41. The molecule has 4 atom stereocenters. The Labute approximate surface area is 352 Å². The number of aromatic amines is 1. The summed E-state index contributed by atoms with van der Waals surface area (Å²) >= 11 is 2.37. The van der Waals surface area contributed by atoms with Crippen LogP contribution in [0.3, 0.4) is 0 Å². The first-order valence-corrected chi connectivity index (χ1v) is 21.0. The Bertz CT molecular complexity index is 2310. The van der Waals surface area contributed by atoms with Gasteiger partial charge in [0.1, 0.15) is 23.4 Å². The van der Waals surface area contributed by atoms with Crippen molar-refractivity contribution < 1.29 is 14.2 Å². The second kappa shape index (κ2) is 17.6. The molecule has 8 heteroatoms. The van der Waals surface area contributed by atoms with Gasteiger partial charge in [-0.15, -0.1) is 0 Å². The summed E-state index contributed by atoms with van der Waals surface area (Å²) in [5.41, 5.74) is 3.18. The first-order chi connectivity index (χ1) is 28.5. The third kappa shape index (κ3) is 7.53. The van der Waals surface area contributed by atoms with E-state index in [-0.39, 0.29) is 12.2 Å². The number of hydrogen-bond acceptors (Lipinski definition) is 5. The van der Waals surface area contributed by atoms with Crippen molar-refractivity contribution >= 4 is 22.6 Å². The van der Waals surface area contributed by atoms with Crippen LogP contribution < -0.4 is 11.2 Å². The average molecular weight is 881 g/mol. The zero-order chi connectivity index (χ0) is 40.0. The second-order valence-electron chi connectivity index (χ2n) is 14.5. The number of rotatable bonds is 14. The molecule has 1 aliphatic rings. The molecule has 0 aliphatic carbocycles. The molecule has 1 saturated heterocycles. The Kier molecular flexibility index (Phi) is 12.0. The van der Waals surface area contributed by atoms with Crippen molar-refractivity contribution in [2.24, 2.45) is 0 Å². The molecule has 0 saturated carbocycles. The van der Waals surface area contributed by atoms with Gasteiger partial charge in [-0.3, -0.25) is 14.3 Å². The maximum Gasteiger partial charge on any atom is 0.330 e. The van der Waals surface area contributed by atoms with E-state index in [1.165, 1.54) is 4.57 Å². The summed E-state index contributed by atoms with van der Waals surface area (Å²) in [4.78, 5) is 29.2. The van der Waals surface area contributed by atoms with E-state index in [2.05, 4.69) is 100 Å². The average Bonchev–Trinajstić information content (AvgIpc) is 3.59. The number of H-pyrrole nitrogens is 1. The fraction of sp³-hybridized carbons (Fsp3) is 0.200. The van der Waals surface area contributed by atoms with Crippen LogP contribution in [-0.4, -0.2) is 32.3 Å². The normalized spacial score (nSPS) is 18.2. The van der Waals surface area contributed by atoms with Crippen molar-refractivity contribution in [2.75, 3.05) is 6.61 Å². The van der Waals surface area contributed by atoms with E-state index in [1.807, 2.05) is 116 Å². The minimum absolute atomic E-state index is 0.0910. The van der Waals surface area contributed by atoms with Gasteiger partial charge in [-0.25, -0.2) is 4.79 Å². The Hall–Kier alpha value is -5.39. The van der Waals surface area contributed by atoms with Gasteiger partial charge < -0.3 is 14.2 Å². The van der Waals surface area contributed by atoms with Crippen molar-refractivity contribution in [3.8, 4) is 0 Å². The van der Waals surface area contributed by atoms with Crippen molar-refractivity contribution in [3.05, 3.63) is 248 Å². The maximum absolute atomic E-state index is 13.7. The Morgan fingerprint density at radius 2 is 0.983 bits per heavy atom. The summed E-state index contributed by atoms with van der Waals surface area (Å²) in [5, 5.41) is 0. The number of ether oxygens (including phenoxy) is 3. The SMILES string of the molecule is CCCc1cn([C@H]2O[C@@H](COC(c3ccccc3)(c3ccccc3)c3ccccc3)C(OC(c3ccccc3)(c3ccccc3)c3ccccc3)C2I)c(=O)[nH]c1=O. The van der Waals surface area contributed by atoms with Crippen LogP contribution in [0.15, 0.2) is 198 Å².